The van der Waals surface area contributed by atoms with Gasteiger partial charge in [0, 0.05) is 11.6 Å². The Morgan fingerprint density at radius 3 is 2.45 bits per heavy atom. The van der Waals surface area contributed by atoms with Crippen LogP contribution in [0.4, 0.5) is 10.5 Å². The van der Waals surface area contributed by atoms with Gasteiger partial charge in [-0.15, -0.1) is 11.3 Å². The number of nitrogens with zero attached hydrogens (tertiary/aromatic N) is 1. The van der Waals surface area contributed by atoms with Crippen LogP contribution in [-0.4, -0.2) is 47.7 Å². The number of para-hydroxylation sites is 1. The van der Waals surface area contributed by atoms with Crippen LogP contribution in [0, 0.1) is 5.92 Å². The molecule has 0 spiro atoms. The fourth-order valence-corrected chi connectivity index (χ4v) is 6.80. The van der Waals surface area contributed by atoms with Gasteiger partial charge in [-0.3, -0.25) is 4.79 Å². The molecule has 4 unspecified atom stereocenters. The van der Waals surface area contributed by atoms with Gasteiger partial charge in [0.25, 0.3) is 0 Å². The van der Waals surface area contributed by atoms with E-state index < -0.39 is 35.9 Å². The van der Waals surface area contributed by atoms with Crippen molar-refractivity contribution in [2.75, 3.05) is 19.2 Å². The van der Waals surface area contributed by atoms with Crippen LogP contribution < -0.4 is 19.5 Å². The minimum Gasteiger partial charge on any atom is -0.497 e. The van der Waals surface area contributed by atoms with Crippen LogP contribution in [0.25, 0.3) is 0 Å². The lowest BCUT2D eigenvalue weighted by molar-refractivity contribution is -0.142. The van der Waals surface area contributed by atoms with E-state index in [0.717, 1.165) is 11.3 Å². The molecule has 2 aliphatic rings. The van der Waals surface area contributed by atoms with Gasteiger partial charge in [0.05, 0.1) is 28.3 Å². The highest BCUT2D eigenvalue weighted by molar-refractivity contribution is 7.18. The third-order valence-electron chi connectivity index (χ3n) is 7.51. The number of hydrogen-bond acceptors (Lipinski definition) is 7. The molecule has 4 atom stereocenters. The number of nitrogens with one attached hydrogen (secondary N) is 1. The van der Waals surface area contributed by atoms with E-state index in [9.17, 15) is 19.5 Å². The number of rotatable bonds is 7. The van der Waals surface area contributed by atoms with Crippen LogP contribution in [0.2, 0.25) is 4.34 Å². The number of carbonyl (C=O) groups is 3. The summed E-state index contributed by atoms with van der Waals surface area (Å²) in [6.45, 7) is 0.0297. The molecule has 9 nitrogen and oxygen atoms in total. The fraction of sp³-hybridized carbons (Fsp3) is 0.194. The molecule has 214 valence electrons. The van der Waals surface area contributed by atoms with E-state index in [4.69, 9.17) is 25.8 Å². The number of amides is 2. The Bertz CT molecular complexity index is 1660. The Balaban J connectivity index is 1.57. The predicted octanol–water partition coefficient (Wildman–Crippen LogP) is 6.46. The standard InChI is InChI=1S/C31H25ClN2O7S/c1-39-20-9-5-6-17(14-20)25-26(29(35)23-12-13-24(32)42-23)27(18-10-11-21-22(15-18)41-16-40-21)34(28(25)30(36)37)31(38)33-19-7-3-2-4-8-19/h2-15,25-28H,16H2,1H3,(H,33,38)(H,36,37). The summed E-state index contributed by atoms with van der Waals surface area (Å²) in [6.07, 6.45) is 0. The summed E-state index contributed by atoms with van der Waals surface area (Å²) < 4.78 is 17.0. The third kappa shape index (κ3) is 5.03. The number of ether oxygens (including phenoxy) is 3. The van der Waals surface area contributed by atoms with Gasteiger partial charge in [-0.1, -0.05) is 48.0 Å². The number of halogens is 1. The molecule has 0 bridgehead atoms. The first-order valence-electron chi connectivity index (χ1n) is 13.1. The van der Waals surface area contributed by atoms with E-state index in [1.165, 1.54) is 12.0 Å². The van der Waals surface area contributed by atoms with E-state index in [1.807, 2.05) is 0 Å². The number of benzene rings is 3. The summed E-state index contributed by atoms with van der Waals surface area (Å²) in [6, 6.07) is 21.0. The molecule has 0 radical (unpaired) electrons. The summed E-state index contributed by atoms with van der Waals surface area (Å²) in [5.41, 5.74) is 1.55. The maximum Gasteiger partial charge on any atom is 0.327 e. The zero-order valence-corrected chi connectivity index (χ0v) is 23.8. The van der Waals surface area contributed by atoms with Gasteiger partial charge in [-0.2, -0.15) is 0 Å². The zero-order chi connectivity index (χ0) is 29.4. The molecular weight excluding hydrogens is 580 g/mol. The monoisotopic (exact) mass is 604 g/mol. The van der Waals surface area contributed by atoms with Gasteiger partial charge in [-0.05, 0) is 59.7 Å². The first-order valence-corrected chi connectivity index (χ1v) is 14.3. The summed E-state index contributed by atoms with van der Waals surface area (Å²) in [5, 5.41) is 13.6. The number of aliphatic carboxylic acids is 1. The number of anilines is 1. The van der Waals surface area contributed by atoms with Crippen LogP contribution in [-0.2, 0) is 4.79 Å². The van der Waals surface area contributed by atoms with Crippen molar-refractivity contribution in [1.82, 2.24) is 4.90 Å². The summed E-state index contributed by atoms with van der Waals surface area (Å²) in [7, 11) is 1.51. The molecule has 0 aliphatic carbocycles. The molecule has 2 aliphatic heterocycles. The van der Waals surface area contributed by atoms with Crippen molar-refractivity contribution in [1.29, 1.82) is 0 Å². The Morgan fingerprint density at radius 2 is 1.74 bits per heavy atom. The predicted molar refractivity (Wildman–Crippen MR) is 157 cm³/mol. The van der Waals surface area contributed by atoms with Crippen molar-refractivity contribution in [3.8, 4) is 17.2 Å². The maximum absolute atomic E-state index is 14.4. The Morgan fingerprint density at radius 1 is 0.952 bits per heavy atom. The van der Waals surface area contributed by atoms with Gasteiger partial charge in [0.15, 0.2) is 17.3 Å². The summed E-state index contributed by atoms with van der Waals surface area (Å²) in [5.74, 6) is -2.08. The van der Waals surface area contributed by atoms with Gasteiger partial charge < -0.3 is 29.5 Å². The van der Waals surface area contributed by atoms with E-state index in [1.54, 1.807) is 84.9 Å². The molecular formula is C31H25ClN2O7S. The average molecular weight is 605 g/mol. The molecule has 2 N–H and O–H groups in total. The largest absolute Gasteiger partial charge is 0.497 e. The van der Waals surface area contributed by atoms with Crippen molar-refractivity contribution in [3.05, 3.63) is 105 Å². The van der Waals surface area contributed by atoms with E-state index in [0.29, 0.717) is 43.3 Å². The number of ketones is 1. The molecule has 1 fully saturated rings. The van der Waals surface area contributed by atoms with Gasteiger partial charge in [-0.25, -0.2) is 9.59 Å². The Hall–Kier alpha value is -4.54. The second-order valence-electron chi connectivity index (χ2n) is 9.84. The highest BCUT2D eigenvalue weighted by atomic mass is 35.5. The Labute approximate surface area is 250 Å². The van der Waals surface area contributed by atoms with Crippen molar-refractivity contribution < 1.29 is 33.7 Å². The van der Waals surface area contributed by atoms with E-state index >= 15 is 0 Å². The highest BCUT2D eigenvalue weighted by Gasteiger charge is 2.58. The van der Waals surface area contributed by atoms with Crippen LogP contribution in [0.3, 0.4) is 0 Å². The minimum absolute atomic E-state index is 0.0297. The first-order chi connectivity index (χ1) is 20.4. The van der Waals surface area contributed by atoms with Crippen LogP contribution in [0.1, 0.15) is 32.8 Å². The lowest BCUT2D eigenvalue weighted by Gasteiger charge is -2.30. The lowest BCUT2D eigenvalue weighted by atomic mass is 9.77. The quantitative estimate of drug-likeness (QED) is 0.233. The third-order valence-corrected chi connectivity index (χ3v) is 8.76. The smallest absolute Gasteiger partial charge is 0.327 e. The van der Waals surface area contributed by atoms with Crippen molar-refractivity contribution in [3.63, 3.8) is 0 Å². The second-order valence-corrected chi connectivity index (χ2v) is 11.6. The van der Waals surface area contributed by atoms with E-state index in [2.05, 4.69) is 5.32 Å². The number of fused-ring (bicyclic) bond motifs is 1. The SMILES string of the molecule is COc1cccc(C2C(C(=O)c3ccc(Cl)s3)C(c3ccc4c(c3)OCO4)N(C(=O)Nc3ccccc3)C2C(=O)O)c1. The number of thiophene rings is 1. The van der Waals surface area contributed by atoms with Crippen molar-refractivity contribution in [2.45, 2.75) is 18.0 Å². The molecule has 1 saturated heterocycles. The number of carboxylic acids is 1. The van der Waals surface area contributed by atoms with Crippen molar-refractivity contribution in [2.24, 2.45) is 5.92 Å². The number of Topliss-reactive ketones (excluding diaryl/α,β-unsaturated/α-hetero) is 1. The van der Waals surface area contributed by atoms with E-state index in [-0.39, 0.29) is 12.6 Å². The minimum atomic E-state index is -1.42. The average Bonchev–Trinajstić information content (AvgIpc) is 3.74. The number of hydrogen-bond donors (Lipinski definition) is 2. The number of likely N-dealkylation sites (tertiary alicyclic amines) is 1. The topological polar surface area (TPSA) is 114 Å². The van der Waals surface area contributed by atoms with Gasteiger partial charge in [0.1, 0.15) is 11.8 Å². The number of methoxy groups -OCH3 is 1. The molecule has 6 rings (SSSR count). The molecule has 4 aromatic rings. The van der Waals surface area contributed by atoms with Crippen molar-refractivity contribution >= 4 is 46.4 Å². The van der Waals surface area contributed by atoms with Crippen LogP contribution in [0.15, 0.2) is 84.9 Å². The fourth-order valence-electron chi connectivity index (χ4n) is 5.77. The Kier molecular flexibility index (Phi) is 7.49. The number of urea groups is 1. The molecule has 3 aromatic carbocycles. The highest BCUT2D eigenvalue weighted by Crippen LogP contribution is 2.53. The lowest BCUT2D eigenvalue weighted by Crippen LogP contribution is -2.45. The maximum atomic E-state index is 14.4. The zero-order valence-electron chi connectivity index (χ0n) is 22.2. The van der Waals surface area contributed by atoms with Crippen LogP contribution >= 0.6 is 22.9 Å². The molecule has 0 saturated carbocycles. The first kappa shape index (κ1) is 27.6. The molecule has 2 amide bonds. The summed E-state index contributed by atoms with van der Waals surface area (Å²) >= 11 is 7.33. The van der Waals surface area contributed by atoms with Crippen LogP contribution in [0.5, 0.6) is 17.2 Å². The molecule has 42 heavy (non-hydrogen) atoms. The number of carboxylic acid groups (broad SMARTS) is 1. The number of carbonyl (C=O) groups excluding carboxylic acids is 2. The summed E-state index contributed by atoms with van der Waals surface area (Å²) in [4.78, 5) is 43.3. The normalized spacial score (nSPS) is 20.8. The second kappa shape index (κ2) is 11.4. The van der Waals surface area contributed by atoms with Gasteiger partial charge in [0.2, 0.25) is 6.79 Å². The molecule has 11 heteroatoms. The molecule has 1 aromatic heterocycles. The van der Waals surface area contributed by atoms with Gasteiger partial charge >= 0.3 is 12.0 Å². The molecule has 3 heterocycles.